The first kappa shape index (κ1) is 17.3. The number of halogens is 2. The Morgan fingerprint density at radius 1 is 1.26 bits per heavy atom. The van der Waals surface area contributed by atoms with Crippen molar-refractivity contribution < 1.29 is 4.79 Å². The standard InChI is InChI=1S/C15H12Br2N2OS3/c1-19(6-11-2-3-13(17)23-11)14(20)5-10-8-22-15(18-10)12-4-9(16)7-21-12/h2-4,7-8H,5-6H2,1H3. The Morgan fingerprint density at radius 2 is 2.09 bits per heavy atom. The second kappa shape index (κ2) is 7.57. The minimum Gasteiger partial charge on any atom is -0.340 e. The van der Waals surface area contributed by atoms with E-state index in [9.17, 15) is 4.79 Å². The van der Waals surface area contributed by atoms with E-state index >= 15 is 0 Å². The van der Waals surface area contributed by atoms with Gasteiger partial charge in [0.1, 0.15) is 5.01 Å². The summed E-state index contributed by atoms with van der Waals surface area (Å²) in [5, 5.41) is 4.97. The second-order valence-electron chi connectivity index (χ2n) is 4.91. The van der Waals surface area contributed by atoms with Crippen LogP contribution in [0.4, 0.5) is 0 Å². The van der Waals surface area contributed by atoms with Crippen LogP contribution >= 0.6 is 65.9 Å². The number of amides is 1. The number of thiazole rings is 1. The molecule has 3 rings (SSSR count). The summed E-state index contributed by atoms with van der Waals surface area (Å²) in [6, 6.07) is 6.09. The molecule has 1 amide bonds. The molecule has 3 aromatic rings. The first-order valence-corrected chi connectivity index (χ1v) is 10.8. The third-order valence-corrected chi connectivity index (χ3v) is 7.47. The normalized spacial score (nSPS) is 10.9. The Balaban J connectivity index is 1.62. The summed E-state index contributed by atoms with van der Waals surface area (Å²) in [5.74, 6) is 0.0822. The van der Waals surface area contributed by atoms with Crippen LogP contribution in [-0.2, 0) is 17.8 Å². The Hall–Kier alpha value is -0.540. The minimum absolute atomic E-state index is 0.0822. The van der Waals surface area contributed by atoms with Crippen LogP contribution in [0.25, 0.3) is 9.88 Å². The molecule has 0 aliphatic rings. The average Bonchev–Trinajstić information content (AvgIpc) is 3.21. The second-order valence-corrected chi connectivity index (χ2v) is 10.1. The van der Waals surface area contributed by atoms with Gasteiger partial charge in [-0.25, -0.2) is 4.98 Å². The summed E-state index contributed by atoms with van der Waals surface area (Å²) < 4.78 is 2.15. The number of hydrogen-bond donors (Lipinski definition) is 0. The molecule has 0 spiro atoms. The zero-order valence-electron chi connectivity index (χ0n) is 12.1. The lowest BCUT2D eigenvalue weighted by atomic mass is 10.3. The van der Waals surface area contributed by atoms with E-state index in [2.05, 4.69) is 42.9 Å². The molecule has 0 saturated heterocycles. The van der Waals surface area contributed by atoms with Gasteiger partial charge in [-0.15, -0.1) is 34.0 Å². The quantitative estimate of drug-likeness (QED) is 0.461. The van der Waals surface area contributed by atoms with Gasteiger partial charge in [0.15, 0.2) is 0 Å². The Labute approximate surface area is 163 Å². The molecule has 0 radical (unpaired) electrons. The average molecular weight is 492 g/mol. The summed E-state index contributed by atoms with van der Waals surface area (Å²) in [5.41, 5.74) is 0.832. The van der Waals surface area contributed by atoms with E-state index in [1.54, 1.807) is 38.9 Å². The fraction of sp³-hybridized carbons (Fsp3) is 0.200. The summed E-state index contributed by atoms with van der Waals surface area (Å²) in [7, 11) is 1.83. The molecule has 3 nitrogen and oxygen atoms in total. The largest absolute Gasteiger partial charge is 0.340 e. The van der Waals surface area contributed by atoms with Gasteiger partial charge in [0.25, 0.3) is 0 Å². The highest BCUT2D eigenvalue weighted by molar-refractivity contribution is 9.11. The van der Waals surface area contributed by atoms with E-state index in [1.807, 2.05) is 29.9 Å². The Kier molecular flexibility index (Phi) is 5.69. The predicted molar refractivity (Wildman–Crippen MR) is 105 cm³/mol. The molecule has 3 aromatic heterocycles. The molecule has 0 bridgehead atoms. The minimum atomic E-state index is 0.0822. The third-order valence-electron chi connectivity index (χ3n) is 3.11. The van der Waals surface area contributed by atoms with Crippen molar-refractivity contribution in [3.05, 3.63) is 47.8 Å². The molecule has 0 fully saturated rings. The van der Waals surface area contributed by atoms with Crippen LogP contribution in [0.15, 0.2) is 37.2 Å². The highest BCUT2D eigenvalue weighted by Crippen LogP contribution is 2.32. The maximum atomic E-state index is 12.4. The highest BCUT2D eigenvalue weighted by atomic mass is 79.9. The summed E-state index contributed by atoms with van der Waals surface area (Å²) in [4.78, 5) is 21.0. The van der Waals surface area contributed by atoms with Crippen molar-refractivity contribution in [1.29, 1.82) is 0 Å². The van der Waals surface area contributed by atoms with E-state index in [0.29, 0.717) is 13.0 Å². The number of likely N-dealkylation sites (N-methyl/N-ethyl adjacent to an activating group) is 1. The van der Waals surface area contributed by atoms with Crippen LogP contribution in [0.3, 0.4) is 0 Å². The lowest BCUT2D eigenvalue weighted by molar-refractivity contribution is -0.129. The van der Waals surface area contributed by atoms with E-state index < -0.39 is 0 Å². The van der Waals surface area contributed by atoms with Crippen molar-refractivity contribution in [3.63, 3.8) is 0 Å². The topological polar surface area (TPSA) is 33.2 Å². The third kappa shape index (κ3) is 4.51. The molecule has 0 aliphatic carbocycles. The van der Waals surface area contributed by atoms with E-state index in [4.69, 9.17) is 0 Å². The predicted octanol–water partition coefficient (Wildman–Crippen LogP) is 5.66. The van der Waals surface area contributed by atoms with Crippen molar-refractivity contribution in [2.24, 2.45) is 0 Å². The first-order valence-electron chi connectivity index (χ1n) is 6.68. The molecule has 0 N–H and O–H groups in total. The number of carbonyl (C=O) groups is 1. The molecule has 0 aliphatic heterocycles. The molecule has 0 atom stereocenters. The number of carbonyl (C=O) groups excluding carboxylic acids is 1. The fourth-order valence-electron chi connectivity index (χ4n) is 1.98. The van der Waals surface area contributed by atoms with Crippen molar-refractivity contribution in [3.8, 4) is 9.88 Å². The van der Waals surface area contributed by atoms with Gasteiger partial charge in [-0.1, -0.05) is 0 Å². The Bertz CT molecular complexity index is 824. The van der Waals surface area contributed by atoms with Crippen LogP contribution in [0, 0.1) is 0 Å². The Morgan fingerprint density at radius 3 is 2.74 bits per heavy atom. The maximum absolute atomic E-state index is 12.4. The van der Waals surface area contributed by atoms with Gasteiger partial charge >= 0.3 is 0 Å². The van der Waals surface area contributed by atoms with E-state index in [0.717, 1.165) is 28.7 Å². The van der Waals surface area contributed by atoms with Gasteiger partial charge in [-0.3, -0.25) is 4.79 Å². The van der Waals surface area contributed by atoms with Gasteiger partial charge in [0.05, 0.1) is 27.3 Å². The molecule has 3 heterocycles. The van der Waals surface area contributed by atoms with Crippen LogP contribution in [0.2, 0.25) is 0 Å². The number of hydrogen-bond acceptors (Lipinski definition) is 5. The monoisotopic (exact) mass is 490 g/mol. The van der Waals surface area contributed by atoms with Crippen LogP contribution in [-0.4, -0.2) is 22.8 Å². The fourth-order valence-corrected chi connectivity index (χ4v) is 5.84. The van der Waals surface area contributed by atoms with Crippen molar-refractivity contribution >= 4 is 71.8 Å². The molecule has 0 aromatic carbocycles. The van der Waals surface area contributed by atoms with E-state index in [-0.39, 0.29) is 5.91 Å². The van der Waals surface area contributed by atoms with Crippen LogP contribution in [0.5, 0.6) is 0 Å². The molecule has 0 saturated carbocycles. The molecular formula is C15H12Br2N2OS3. The SMILES string of the molecule is CN(Cc1ccc(Br)s1)C(=O)Cc1csc(-c2cc(Br)cs2)n1. The van der Waals surface area contributed by atoms with Gasteiger partial charge in [0, 0.05) is 27.2 Å². The molecule has 23 heavy (non-hydrogen) atoms. The lowest BCUT2D eigenvalue weighted by Crippen LogP contribution is -2.27. The maximum Gasteiger partial charge on any atom is 0.228 e. The van der Waals surface area contributed by atoms with Gasteiger partial charge < -0.3 is 4.90 Å². The van der Waals surface area contributed by atoms with Crippen molar-refractivity contribution in [1.82, 2.24) is 9.88 Å². The highest BCUT2D eigenvalue weighted by Gasteiger charge is 2.14. The molecule has 0 unspecified atom stereocenters. The summed E-state index contributed by atoms with van der Waals surface area (Å²) >= 11 is 11.8. The zero-order valence-corrected chi connectivity index (χ0v) is 17.7. The van der Waals surface area contributed by atoms with Gasteiger partial charge in [-0.05, 0) is 50.1 Å². The number of nitrogens with zero attached hydrogens (tertiary/aromatic N) is 2. The van der Waals surface area contributed by atoms with Gasteiger partial charge in [0.2, 0.25) is 5.91 Å². The molecule has 8 heteroatoms. The van der Waals surface area contributed by atoms with Crippen LogP contribution in [0.1, 0.15) is 10.6 Å². The van der Waals surface area contributed by atoms with Crippen LogP contribution < -0.4 is 0 Å². The number of thiophene rings is 2. The molecular weight excluding hydrogens is 480 g/mol. The van der Waals surface area contributed by atoms with Gasteiger partial charge in [-0.2, -0.15) is 0 Å². The smallest absolute Gasteiger partial charge is 0.228 e. The lowest BCUT2D eigenvalue weighted by Gasteiger charge is -2.15. The summed E-state index contributed by atoms with van der Waals surface area (Å²) in [6.07, 6.45) is 0.339. The van der Waals surface area contributed by atoms with Crippen molar-refractivity contribution in [2.75, 3.05) is 7.05 Å². The van der Waals surface area contributed by atoms with Crippen molar-refractivity contribution in [2.45, 2.75) is 13.0 Å². The summed E-state index contributed by atoms with van der Waals surface area (Å²) in [6.45, 7) is 0.629. The van der Waals surface area contributed by atoms with E-state index in [1.165, 1.54) is 0 Å². The number of aromatic nitrogens is 1. The first-order chi connectivity index (χ1) is 11.0. The number of rotatable bonds is 5. The molecule has 120 valence electrons. The zero-order chi connectivity index (χ0) is 16.4.